The van der Waals surface area contributed by atoms with Crippen molar-refractivity contribution in [2.45, 2.75) is 20.4 Å². The highest BCUT2D eigenvalue weighted by Crippen LogP contribution is 2.14. The lowest BCUT2D eigenvalue weighted by molar-refractivity contribution is 0.102. The van der Waals surface area contributed by atoms with Gasteiger partial charge < -0.3 is 9.47 Å². The van der Waals surface area contributed by atoms with Crippen molar-refractivity contribution >= 4 is 11.6 Å². The quantitative estimate of drug-likeness (QED) is 0.576. The third kappa shape index (κ3) is 4.02. The molecule has 6 heteroatoms. The summed E-state index contributed by atoms with van der Waals surface area (Å²) in [6, 6.07) is 0. The van der Waals surface area contributed by atoms with Crippen LogP contribution in [-0.4, -0.2) is 29.9 Å². The topological polar surface area (TPSA) is 53.4 Å². The molecule has 0 aliphatic rings. The van der Waals surface area contributed by atoms with Crippen LogP contribution in [0.3, 0.4) is 0 Å². The molecule has 96 valence electrons. The summed E-state index contributed by atoms with van der Waals surface area (Å²) >= 11 is 5.72. The molecule has 1 heterocycles. The summed E-state index contributed by atoms with van der Waals surface area (Å²) in [5.41, 5.74) is -0.291. The van der Waals surface area contributed by atoms with Crippen LogP contribution in [0.1, 0.15) is 13.8 Å². The van der Waals surface area contributed by atoms with Crippen molar-refractivity contribution in [2.24, 2.45) is 5.92 Å². The van der Waals surface area contributed by atoms with E-state index in [1.165, 1.54) is 18.0 Å². The van der Waals surface area contributed by atoms with Crippen molar-refractivity contribution in [1.82, 2.24) is 9.55 Å². The summed E-state index contributed by atoms with van der Waals surface area (Å²) in [6.45, 7) is 5.71. The number of ether oxygens (including phenoxy) is 2. The van der Waals surface area contributed by atoms with Crippen molar-refractivity contribution in [1.29, 1.82) is 0 Å². The summed E-state index contributed by atoms with van der Waals surface area (Å²) in [6.07, 6.45) is 1.39. The molecule has 0 atom stereocenters. The molecule has 1 rings (SSSR count). The number of hydrogen-bond acceptors (Lipinski definition) is 4. The molecule has 0 N–H and O–H groups in total. The van der Waals surface area contributed by atoms with E-state index < -0.39 is 0 Å². The molecule has 0 spiro atoms. The average Bonchev–Trinajstić information content (AvgIpc) is 2.27. The molecule has 17 heavy (non-hydrogen) atoms. The van der Waals surface area contributed by atoms with E-state index >= 15 is 0 Å². The smallest absolute Gasteiger partial charge is 0.297 e. The highest BCUT2D eigenvalue weighted by Gasteiger charge is 2.09. The van der Waals surface area contributed by atoms with Gasteiger partial charge in [0.2, 0.25) is 5.75 Å². The fourth-order valence-corrected chi connectivity index (χ4v) is 1.46. The molecule has 0 aromatic carbocycles. The van der Waals surface area contributed by atoms with E-state index in [-0.39, 0.29) is 16.5 Å². The monoisotopic (exact) mass is 260 g/mol. The average molecular weight is 261 g/mol. The lowest BCUT2D eigenvalue weighted by Gasteiger charge is -2.09. The second kappa shape index (κ2) is 6.61. The van der Waals surface area contributed by atoms with Crippen LogP contribution in [-0.2, 0) is 11.3 Å². The molecule has 0 saturated carbocycles. The molecule has 0 amide bonds. The van der Waals surface area contributed by atoms with Crippen LogP contribution in [0.2, 0.25) is 5.15 Å². The fourth-order valence-electron chi connectivity index (χ4n) is 1.26. The Labute approximate surface area is 105 Å². The zero-order valence-corrected chi connectivity index (χ0v) is 11.0. The lowest BCUT2D eigenvalue weighted by Crippen LogP contribution is -2.24. The third-order valence-corrected chi connectivity index (χ3v) is 2.35. The molecular weight excluding hydrogens is 244 g/mol. The molecule has 0 saturated heterocycles. The number of methoxy groups -OCH3 is 1. The maximum atomic E-state index is 11.8. The van der Waals surface area contributed by atoms with Gasteiger partial charge in [-0.2, -0.15) is 0 Å². The van der Waals surface area contributed by atoms with E-state index in [1.807, 2.05) is 0 Å². The van der Waals surface area contributed by atoms with Crippen LogP contribution in [0.5, 0.6) is 5.75 Å². The Morgan fingerprint density at radius 3 is 2.82 bits per heavy atom. The maximum absolute atomic E-state index is 11.8. The van der Waals surface area contributed by atoms with E-state index in [9.17, 15) is 4.79 Å². The van der Waals surface area contributed by atoms with Gasteiger partial charge >= 0.3 is 0 Å². The van der Waals surface area contributed by atoms with Crippen LogP contribution in [0.4, 0.5) is 0 Å². The summed E-state index contributed by atoms with van der Waals surface area (Å²) in [5, 5.41) is 0.0804. The number of hydrogen-bond donors (Lipinski definition) is 0. The molecule has 0 fully saturated rings. The first-order valence-electron chi connectivity index (χ1n) is 5.43. The molecule has 0 radical (unpaired) electrons. The first-order chi connectivity index (χ1) is 8.06. The van der Waals surface area contributed by atoms with Gasteiger partial charge in [0, 0.05) is 6.61 Å². The molecule has 5 nitrogen and oxygen atoms in total. The summed E-state index contributed by atoms with van der Waals surface area (Å²) < 4.78 is 11.7. The Bertz CT molecular complexity index is 418. The standard InChI is InChI=1S/C11H17ClN2O3/c1-8(2)6-17-5-4-14-7-13-10(12)9(16-3)11(14)15/h7-8H,4-6H2,1-3H3. The van der Waals surface area contributed by atoms with Crippen molar-refractivity contribution < 1.29 is 9.47 Å². The Morgan fingerprint density at radius 2 is 2.24 bits per heavy atom. The SMILES string of the molecule is COc1c(Cl)ncn(CCOCC(C)C)c1=O. The maximum Gasteiger partial charge on any atom is 0.297 e. The van der Waals surface area contributed by atoms with Gasteiger partial charge in [-0.3, -0.25) is 9.36 Å². The van der Waals surface area contributed by atoms with E-state index in [4.69, 9.17) is 21.1 Å². The molecule has 0 aliphatic carbocycles. The van der Waals surface area contributed by atoms with Crippen molar-refractivity contribution in [2.75, 3.05) is 20.3 Å². The van der Waals surface area contributed by atoms with E-state index in [0.717, 1.165) is 0 Å². The Hall–Kier alpha value is -1.07. The number of aromatic nitrogens is 2. The molecule has 0 unspecified atom stereocenters. The van der Waals surface area contributed by atoms with Gasteiger partial charge in [0.05, 0.1) is 26.6 Å². The minimum Gasteiger partial charge on any atom is -0.489 e. The minimum absolute atomic E-state index is 0.0676. The number of rotatable bonds is 6. The van der Waals surface area contributed by atoms with Crippen molar-refractivity contribution in [3.63, 3.8) is 0 Å². The predicted molar refractivity (Wildman–Crippen MR) is 65.7 cm³/mol. The zero-order chi connectivity index (χ0) is 12.8. The summed E-state index contributed by atoms with van der Waals surface area (Å²) in [5.74, 6) is 0.544. The van der Waals surface area contributed by atoms with Gasteiger partial charge in [0.15, 0.2) is 5.15 Å². The first kappa shape index (κ1) is 14.0. The van der Waals surface area contributed by atoms with Crippen LogP contribution < -0.4 is 10.3 Å². The van der Waals surface area contributed by atoms with Gasteiger partial charge in [-0.15, -0.1) is 0 Å². The minimum atomic E-state index is -0.291. The zero-order valence-electron chi connectivity index (χ0n) is 10.3. The normalized spacial score (nSPS) is 10.9. The Kier molecular flexibility index (Phi) is 5.44. The predicted octanol–water partition coefficient (Wildman–Crippen LogP) is 1.58. The van der Waals surface area contributed by atoms with E-state index in [2.05, 4.69) is 18.8 Å². The van der Waals surface area contributed by atoms with Crippen LogP contribution in [0.25, 0.3) is 0 Å². The van der Waals surface area contributed by atoms with Crippen LogP contribution in [0, 0.1) is 5.92 Å². The van der Waals surface area contributed by atoms with Crippen molar-refractivity contribution in [3.8, 4) is 5.75 Å². The second-order valence-corrected chi connectivity index (χ2v) is 4.39. The largest absolute Gasteiger partial charge is 0.489 e. The highest BCUT2D eigenvalue weighted by atomic mass is 35.5. The van der Waals surface area contributed by atoms with Crippen LogP contribution in [0.15, 0.2) is 11.1 Å². The number of nitrogens with zero attached hydrogens (tertiary/aromatic N) is 2. The summed E-state index contributed by atoms with van der Waals surface area (Å²) in [7, 11) is 1.39. The van der Waals surface area contributed by atoms with E-state index in [0.29, 0.717) is 25.7 Å². The molecule has 1 aromatic rings. The molecule has 1 aromatic heterocycles. The second-order valence-electron chi connectivity index (χ2n) is 4.04. The lowest BCUT2D eigenvalue weighted by atomic mass is 10.2. The van der Waals surface area contributed by atoms with Gasteiger partial charge in [0.1, 0.15) is 0 Å². The Balaban J connectivity index is 2.63. The van der Waals surface area contributed by atoms with Gasteiger partial charge in [0.25, 0.3) is 5.56 Å². The summed E-state index contributed by atoms with van der Waals surface area (Å²) in [4.78, 5) is 15.7. The van der Waals surface area contributed by atoms with Gasteiger partial charge in [-0.1, -0.05) is 25.4 Å². The third-order valence-electron chi connectivity index (χ3n) is 2.08. The first-order valence-corrected chi connectivity index (χ1v) is 5.80. The van der Waals surface area contributed by atoms with Gasteiger partial charge in [-0.05, 0) is 5.92 Å². The van der Waals surface area contributed by atoms with E-state index in [1.54, 1.807) is 0 Å². The molecule has 0 bridgehead atoms. The highest BCUT2D eigenvalue weighted by molar-refractivity contribution is 6.30. The molecular formula is C11H17ClN2O3. The van der Waals surface area contributed by atoms with Crippen molar-refractivity contribution in [3.05, 3.63) is 21.8 Å². The fraction of sp³-hybridized carbons (Fsp3) is 0.636. The Morgan fingerprint density at radius 1 is 1.53 bits per heavy atom. The van der Waals surface area contributed by atoms with Crippen LogP contribution >= 0.6 is 11.6 Å². The van der Waals surface area contributed by atoms with Gasteiger partial charge in [-0.25, -0.2) is 4.98 Å². The number of halogens is 1. The molecule has 0 aliphatic heterocycles.